The Kier molecular flexibility index (Phi) is 5.46. The van der Waals surface area contributed by atoms with Crippen molar-refractivity contribution >= 4 is 28.8 Å². The number of carbonyl (C=O) groups is 1. The molecule has 1 saturated carbocycles. The molecule has 4 aromatic rings. The molecule has 0 radical (unpaired) electrons. The Morgan fingerprint density at radius 1 is 1.25 bits per heavy atom. The smallest absolute Gasteiger partial charge is 0.271 e. The maximum atomic E-state index is 12.5. The van der Waals surface area contributed by atoms with Crippen LogP contribution in [0.25, 0.3) is 16.6 Å². The second-order valence-electron chi connectivity index (χ2n) is 8.96. The largest absolute Gasteiger partial charge is 0.492 e. The summed E-state index contributed by atoms with van der Waals surface area (Å²) in [4.78, 5) is 23.6. The summed E-state index contributed by atoms with van der Waals surface area (Å²) < 4.78 is 7.37. The van der Waals surface area contributed by atoms with Crippen LogP contribution >= 0.6 is 11.6 Å². The van der Waals surface area contributed by atoms with Gasteiger partial charge in [0.15, 0.2) is 0 Å². The van der Waals surface area contributed by atoms with E-state index in [1.807, 2.05) is 31.3 Å². The third-order valence-electron chi connectivity index (χ3n) is 6.87. The molecule has 1 amide bonds. The molecule has 3 atom stereocenters. The van der Waals surface area contributed by atoms with Crippen LogP contribution in [-0.2, 0) is 0 Å². The van der Waals surface area contributed by atoms with Gasteiger partial charge in [-0.25, -0.2) is 14.5 Å². The number of hydrogen-bond acceptors (Lipinski definition) is 7. The number of nitrogens with zero attached hydrogens (tertiary/aromatic N) is 6. The second kappa shape index (κ2) is 8.81. The first-order valence-corrected chi connectivity index (χ1v) is 12.1. The summed E-state index contributed by atoms with van der Waals surface area (Å²) in [6.45, 7) is 4.10. The number of pyridine rings is 3. The molecular weight excluding hydrogens is 478 g/mol. The molecule has 0 bridgehead atoms. The zero-order chi connectivity index (χ0) is 24.8. The third-order valence-corrected chi connectivity index (χ3v) is 7.17. The van der Waals surface area contributed by atoms with Crippen LogP contribution < -0.4 is 15.0 Å². The lowest BCUT2D eigenvalue weighted by molar-refractivity contribution is 0.0942. The summed E-state index contributed by atoms with van der Waals surface area (Å²) in [6, 6.07) is 11.6. The molecule has 9 nitrogen and oxygen atoms in total. The Bertz CT molecular complexity index is 1500. The number of fused-ring (bicyclic) bond motifs is 2. The van der Waals surface area contributed by atoms with E-state index < -0.39 is 0 Å². The number of hydrogen-bond donors (Lipinski definition) is 1. The van der Waals surface area contributed by atoms with Crippen molar-refractivity contribution in [2.45, 2.75) is 13.0 Å². The number of anilines is 1. The SMILES string of the molecule is CCOc1cc(-c2ccc(N3C[C@@H]4C(NC(=O)c5ncccc5Cl)[C@@H]4C3)nc2)c2c(C#N)cnn2c1. The Balaban J connectivity index is 1.17. The maximum absolute atomic E-state index is 12.5. The molecule has 1 unspecified atom stereocenters. The van der Waals surface area contributed by atoms with Crippen molar-refractivity contribution in [3.05, 3.63) is 71.4 Å². The zero-order valence-electron chi connectivity index (χ0n) is 19.4. The summed E-state index contributed by atoms with van der Waals surface area (Å²) in [6.07, 6.45) is 6.72. The summed E-state index contributed by atoms with van der Waals surface area (Å²) in [5.41, 5.74) is 3.21. The second-order valence-corrected chi connectivity index (χ2v) is 9.36. The predicted molar refractivity (Wildman–Crippen MR) is 134 cm³/mol. The van der Waals surface area contributed by atoms with Crippen LogP contribution in [0.2, 0.25) is 5.02 Å². The number of piperidine rings is 1. The first-order valence-electron chi connectivity index (χ1n) is 11.7. The molecular formula is C26H22ClN7O2. The summed E-state index contributed by atoms with van der Waals surface area (Å²) in [7, 11) is 0. The minimum Gasteiger partial charge on any atom is -0.492 e. The number of ether oxygens (including phenoxy) is 1. The van der Waals surface area contributed by atoms with E-state index in [0.717, 1.165) is 35.6 Å². The van der Waals surface area contributed by atoms with E-state index in [-0.39, 0.29) is 17.6 Å². The minimum absolute atomic E-state index is 0.131. The van der Waals surface area contributed by atoms with E-state index in [9.17, 15) is 10.1 Å². The first-order chi connectivity index (χ1) is 17.6. The van der Waals surface area contributed by atoms with Gasteiger partial charge in [0.2, 0.25) is 0 Å². The van der Waals surface area contributed by atoms with Crippen molar-refractivity contribution in [1.29, 1.82) is 5.26 Å². The predicted octanol–water partition coefficient (Wildman–Crippen LogP) is 3.58. The molecule has 1 saturated heterocycles. The van der Waals surface area contributed by atoms with Crippen LogP contribution in [-0.4, -0.2) is 51.2 Å². The highest BCUT2D eigenvalue weighted by Gasteiger charge is 2.56. The third kappa shape index (κ3) is 3.80. The van der Waals surface area contributed by atoms with Gasteiger partial charge in [-0.15, -0.1) is 0 Å². The number of carbonyl (C=O) groups excluding carboxylic acids is 1. The molecule has 36 heavy (non-hydrogen) atoms. The molecule has 180 valence electrons. The summed E-state index contributed by atoms with van der Waals surface area (Å²) in [5, 5.41) is 17.3. The van der Waals surface area contributed by atoms with E-state index in [0.29, 0.717) is 34.8 Å². The lowest BCUT2D eigenvalue weighted by Crippen LogP contribution is -2.35. The average Bonchev–Trinajstić information content (AvgIpc) is 3.23. The maximum Gasteiger partial charge on any atom is 0.271 e. The fourth-order valence-electron chi connectivity index (χ4n) is 5.08. The van der Waals surface area contributed by atoms with Gasteiger partial charge in [-0.1, -0.05) is 11.6 Å². The van der Waals surface area contributed by atoms with Gasteiger partial charge in [-0.2, -0.15) is 10.4 Å². The minimum atomic E-state index is -0.230. The van der Waals surface area contributed by atoms with Crippen LogP contribution in [0.1, 0.15) is 23.0 Å². The van der Waals surface area contributed by atoms with Gasteiger partial charge in [-0.05, 0) is 37.3 Å². The number of rotatable bonds is 6. The van der Waals surface area contributed by atoms with Crippen molar-refractivity contribution < 1.29 is 9.53 Å². The fourth-order valence-corrected chi connectivity index (χ4v) is 5.28. The molecule has 2 fully saturated rings. The Labute approximate surface area is 212 Å². The van der Waals surface area contributed by atoms with Crippen molar-refractivity contribution in [3.8, 4) is 22.9 Å². The van der Waals surface area contributed by atoms with E-state index in [1.165, 1.54) is 0 Å². The average molecular weight is 500 g/mol. The van der Waals surface area contributed by atoms with Gasteiger partial charge in [0.1, 0.15) is 23.3 Å². The van der Waals surface area contributed by atoms with Crippen LogP contribution in [0.3, 0.4) is 0 Å². The first kappa shape index (κ1) is 22.3. The monoisotopic (exact) mass is 499 g/mol. The Morgan fingerprint density at radius 3 is 2.78 bits per heavy atom. The number of amides is 1. The van der Waals surface area contributed by atoms with Gasteiger partial charge in [-0.3, -0.25) is 4.79 Å². The fraction of sp³-hybridized carbons (Fsp3) is 0.269. The molecule has 6 rings (SSSR count). The van der Waals surface area contributed by atoms with E-state index in [1.54, 1.807) is 35.2 Å². The van der Waals surface area contributed by atoms with Crippen molar-refractivity contribution in [3.63, 3.8) is 0 Å². The standard InChI is InChI=1S/C26H22ClN7O2/c1-2-36-17-8-18(25-16(9-28)11-31-34(25)12-17)15-5-6-22(30-10-15)33-13-19-20(14-33)23(19)32-26(35)24-21(27)4-3-7-29-24/h3-8,10-12,19-20,23H,2,13-14H2,1H3,(H,32,35)/t19-,20+,23?. The van der Waals surface area contributed by atoms with Crippen LogP contribution in [0.15, 0.2) is 55.1 Å². The number of nitriles is 1. The molecule has 5 heterocycles. The molecule has 1 aliphatic heterocycles. The number of aromatic nitrogens is 4. The highest BCUT2D eigenvalue weighted by Crippen LogP contribution is 2.46. The van der Waals surface area contributed by atoms with E-state index in [2.05, 4.69) is 26.4 Å². The zero-order valence-corrected chi connectivity index (χ0v) is 20.2. The topological polar surface area (TPSA) is 108 Å². The summed E-state index contributed by atoms with van der Waals surface area (Å²) >= 11 is 6.10. The molecule has 2 aliphatic rings. The van der Waals surface area contributed by atoms with Gasteiger partial charge < -0.3 is 15.0 Å². The molecule has 1 aliphatic carbocycles. The van der Waals surface area contributed by atoms with Gasteiger partial charge >= 0.3 is 0 Å². The van der Waals surface area contributed by atoms with E-state index >= 15 is 0 Å². The van der Waals surface area contributed by atoms with Crippen LogP contribution in [0, 0.1) is 23.2 Å². The van der Waals surface area contributed by atoms with Crippen molar-refractivity contribution in [1.82, 2.24) is 24.9 Å². The lowest BCUT2D eigenvalue weighted by atomic mass is 10.1. The van der Waals surface area contributed by atoms with Crippen LogP contribution in [0.5, 0.6) is 5.75 Å². The van der Waals surface area contributed by atoms with Gasteiger partial charge in [0.05, 0.1) is 35.1 Å². The van der Waals surface area contributed by atoms with Gasteiger partial charge in [0.25, 0.3) is 5.91 Å². The van der Waals surface area contributed by atoms with Crippen LogP contribution in [0.4, 0.5) is 5.82 Å². The van der Waals surface area contributed by atoms with Crippen molar-refractivity contribution in [2.24, 2.45) is 11.8 Å². The van der Waals surface area contributed by atoms with Crippen molar-refractivity contribution in [2.75, 3.05) is 24.6 Å². The highest BCUT2D eigenvalue weighted by molar-refractivity contribution is 6.33. The number of halogens is 1. The van der Waals surface area contributed by atoms with Gasteiger partial charge in [0, 0.05) is 54.5 Å². The quantitative estimate of drug-likeness (QED) is 0.432. The molecule has 0 aromatic carbocycles. The lowest BCUT2D eigenvalue weighted by Gasteiger charge is -2.21. The summed E-state index contributed by atoms with van der Waals surface area (Å²) in [5.74, 6) is 2.09. The Hall–Kier alpha value is -4.16. The molecule has 0 spiro atoms. The highest BCUT2D eigenvalue weighted by atomic mass is 35.5. The molecule has 10 heteroatoms. The molecule has 1 N–H and O–H groups in total. The molecule has 4 aromatic heterocycles. The Morgan fingerprint density at radius 2 is 2.08 bits per heavy atom. The van der Waals surface area contributed by atoms with E-state index in [4.69, 9.17) is 21.3 Å². The number of nitrogens with one attached hydrogen (secondary N) is 1. The normalized spacial score (nSPS) is 20.1.